The van der Waals surface area contributed by atoms with E-state index in [0.717, 1.165) is 0 Å². The molecule has 0 radical (unpaired) electrons. The van der Waals surface area contributed by atoms with Gasteiger partial charge in [0.05, 0.1) is 26.4 Å². The van der Waals surface area contributed by atoms with Gasteiger partial charge in [-0.3, -0.25) is 9.59 Å². The first-order valence-corrected chi connectivity index (χ1v) is 6.82. The fourth-order valence-corrected chi connectivity index (χ4v) is 1.87. The zero-order valence-electron chi connectivity index (χ0n) is 12.4. The molecule has 0 spiro atoms. The van der Waals surface area contributed by atoms with Gasteiger partial charge in [-0.15, -0.1) is 0 Å². The molecule has 8 heteroatoms. The van der Waals surface area contributed by atoms with Gasteiger partial charge in [-0.2, -0.15) is 0 Å². The van der Waals surface area contributed by atoms with Crippen molar-refractivity contribution in [1.29, 1.82) is 0 Å². The van der Waals surface area contributed by atoms with Gasteiger partial charge in [0, 0.05) is 7.11 Å². The number of aliphatic hydroxyl groups excluding tert-OH is 1. The third kappa shape index (κ3) is 4.92. The second kappa shape index (κ2) is 8.93. The molecule has 122 valence electrons. The standard InChI is InChI=1S/C13H22O8/c1-4-18-11(15)10(12(16)19-5-2)13-20-6-8(14)9(21-13)7-17-3/h8-10,13-14H,4-7H2,1-3H3/t8-,9+,13?/m0/s1. The van der Waals surface area contributed by atoms with Crippen LogP contribution in [-0.4, -0.2) is 69.1 Å². The normalized spacial score (nSPS) is 25.7. The van der Waals surface area contributed by atoms with Crippen molar-refractivity contribution in [3.63, 3.8) is 0 Å². The second-order valence-corrected chi connectivity index (χ2v) is 4.38. The lowest BCUT2D eigenvalue weighted by atomic mass is 10.1. The molecule has 0 bridgehead atoms. The van der Waals surface area contributed by atoms with E-state index < -0.39 is 36.4 Å². The number of hydrogen-bond donors (Lipinski definition) is 1. The van der Waals surface area contributed by atoms with E-state index in [1.807, 2.05) is 0 Å². The third-order valence-electron chi connectivity index (χ3n) is 2.85. The highest BCUT2D eigenvalue weighted by Gasteiger charge is 2.44. The number of rotatable bonds is 7. The average Bonchev–Trinajstić information content (AvgIpc) is 2.43. The largest absolute Gasteiger partial charge is 0.465 e. The third-order valence-corrected chi connectivity index (χ3v) is 2.85. The maximum atomic E-state index is 11.9. The van der Waals surface area contributed by atoms with Crippen molar-refractivity contribution in [1.82, 2.24) is 0 Å². The lowest BCUT2D eigenvalue weighted by Crippen LogP contribution is -2.52. The van der Waals surface area contributed by atoms with Crippen LogP contribution in [0.3, 0.4) is 0 Å². The first-order valence-electron chi connectivity index (χ1n) is 6.82. The van der Waals surface area contributed by atoms with E-state index in [1.165, 1.54) is 7.11 Å². The fraction of sp³-hybridized carbons (Fsp3) is 0.846. The Hall–Kier alpha value is -1.22. The molecule has 3 atom stereocenters. The lowest BCUT2D eigenvalue weighted by Gasteiger charge is -2.35. The van der Waals surface area contributed by atoms with Crippen LogP contribution in [0.1, 0.15) is 13.8 Å². The topological polar surface area (TPSA) is 101 Å². The van der Waals surface area contributed by atoms with E-state index in [2.05, 4.69) is 0 Å². The minimum Gasteiger partial charge on any atom is -0.465 e. The maximum Gasteiger partial charge on any atom is 0.325 e. The number of aliphatic hydroxyl groups is 1. The summed E-state index contributed by atoms with van der Waals surface area (Å²) in [5, 5.41) is 9.72. The Morgan fingerprint density at radius 2 is 1.81 bits per heavy atom. The summed E-state index contributed by atoms with van der Waals surface area (Å²) in [5.74, 6) is -2.92. The van der Waals surface area contributed by atoms with Crippen LogP contribution < -0.4 is 0 Å². The Bertz CT molecular complexity index is 327. The molecule has 1 aliphatic heterocycles. The van der Waals surface area contributed by atoms with Gasteiger partial charge in [-0.05, 0) is 13.8 Å². The molecule has 0 aromatic carbocycles. The van der Waals surface area contributed by atoms with E-state index in [9.17, 15) is 14.7 Å². The Kier molecular flexibility index (Phi) is 7.58. The molecule has 0 aromatic heterocycles. The maximum absolute atomic E-state index is 11.9. The van der Waals surface area contributed by atoms with Gasteiger partial charge in [0.15, 0.2) is 6.29 Å². The van der Waals surface area contributed by atoms with Crippen LogP contribution in [-0.2, 0) is 33.3 Å². The lowest BCUT2D eigenvalue weighted by molar-refractivity contribution is -0.276. The first kappa shape index (κ1) is 17.8. The average molecular weight is 306 g/mol. The van der Waals surface area contributed by atoms with Crippen LogP contribution in [0, 0.1) is 5.92 Å². The van der Waals surface area contributed by atoms with Gasteiger partial charge in [0.2, 0.25) is 5.92 Å². The van der Waals surface area contributed by atoms with Crippen LogP contribution in [0.25, 0.3) is 0 Å². The van der Waals surface area contributed by atoms with Gasteiger partial charge in [0.25, 0.3) is 0 Å². The zero-order chi connectivity index (χ0) is 15.8. The molecule has 1 aliphatic rings. The molecule has 1 unspecified atom stereocenters. The zero-order valence-corrected chi connectivity index (χ0v) is 12.4. The molecular weight excluding hydrogens is 284 g/mol. The molecule has 0 amide bonds. The summed E-state index contributed by atoms with van der Waals surface area (Å²) in [6, 6.07) is 0. The molecular formula is C13H22O8. The van der Waals surface area contributed by atoms with Crippen LogP contribution in [0.15, 0.2) is 0 Å². The number of esters is 2. The van der Waals surface area contributed by atoms with E-state index in [1.54, 1.807) is 13.8 Å². The first-order chi connectivity index (χ1) is 10.0. The molecule has 0 saturated carbocycles. The predicted octanol–water partition coefficient (Wildman–Crippen LogP) is -0.522. The summed E-state index contributed by atoms with van der Waals surface area (Å²) >= 11 is 0. The quantitative estimate of drug-likeness (QED) is 0.495. The van der Waals surface area contributed by atoms with Crippen LogP contribution >= 0.6 is 0 Å². The van der Waals surface area contributed by atoms with Gasteiger partial charge in [-0.1, -0.05) is 0 Å². The molecule has 0 aliphatic carbocycles. The SMILES string of the molecule is CCOC(=O)C(C(=O)OCC)C1OC[C@H](O)[C@@H](COC)O1. The van der Waals surface area contributed by atoms with E-state index in [0.29, 0.717) is 0 Å². The van der Waals surface area contributed by atoms with Crippen LogP contribution in [0.5, 0.6) is 0 Å². The predicted molar refractivity (Wildman–Crippen MR) is 69.3 cm³/mol. The summed E-state index contributed by atoms with van der Waals surface area (Å²) in [6.07, 6.45) is -2.77. The van der Waals surface area contributed by atoms with E-state index in [-0.39, 0.29) is 26.4 Å². The minimum absolute atomic E-state index is 0.0754. The summed E-state index contributed by atoms with van der Waals surface area (Å²) in [7, 11) is 1.45. The summed E-state index contributed by atoms with van der Waals surface area (Å²) in [4.78, 5) is 23.9. The van der Waals surface area contributed by atoms with Crippen LogP contribution in [0.2, 0.25) is 0 Å². The van der Waals surface area contributed by atoms with Crippen molar-refractivity contribution < 1.29 is 38.4 Å². The van der Waals surface area contributed by atoms with Gasteiger partial charge in [-0.25, -0.2) is 0 Å². The Morgan fingerprint density at radius 3 is 2.29 bits per heavy atom. The Labute approximate surface area is 123 Å². The highest BCUT2D eigenvalue weighted by atomic mass is 16.7. The number of methoxy groups -OCH3 is 1. The Balaban J connectivity index is 2.81. The molecule has 8 nitrogen and oxygen atoms in total. The number of carbonyl (C=O) groups excluding carboxylic acids is 2. The van der Waals surface area contributed by atoms with E-state index >= 15 is 0 Å². The van der Waals surface area contributed by atoms with Crippen molar-refractivity contribution >= 4 is 11.9 Å². The van der Waals surface area contributed by atoms with Gasteiger partial charge < -0.3 is 28.8 Å². The van der Waals surface area contributed by atoms with Crippen molar-refractivity contribution in [3.8, 4) is 0 Å². The summed E-state index contributed by atoms with van der Waals surface area (Å²) in [5.41, 5.74) is 0. The molecule has 1 fully saturated rings. The number of carbonyl (C=O) groups is 2. The highest BCUT2D eigenvalue weighted by Crippen LogP contribution is 2.22. The van der Waals surface area contributed by atoms with Crippen molar-refractivity contribution in [2.45, 2.75) is 32.3 Å². The number of ether oxygens (including phenoxy) is 5. The minimum atomic E-state index is -1.35. The molecule has 1 N–H and O–H groups in total. The highest BCUT2D eigenvalue weighted by molar-refractivity contribution is 5.95. The monoisotopic (exact) mass is 306 g/mol. The second-order valence-electron chi connectivity index (χ2n) is 4.38. The molecule has 21 heavy (non-hydrogen) atoms. The van der Waals surface area contributed by atoms with Crippen molar-refractivity contribution in [3.05, 3.63) is 0 Å². The van der Waals surface area contributed by atoms with Gasteiger partial charge in [0.1, 0.15) is 12.2 Å². The Morgan fingerprint density at radius 1 is 1.24 bits per heavy atom. The molecule has 1 rings (SSSR count). The summed E-state index contributed by atoms with van der Waals surface area (Å²) < 4.78 is 25.3. The summed E-state index contributed by atoms with van der Waals surface area (Å²) in [6.45, 7) is 3.52. The number of hydrogen-bond acceptors (Lipinski definition) is 8. The van der Waals surface area contributed by atoms with Crippen molar-refractivity contribution in [2.75, 3.05) is 33.5 Å². The van der Waals surface area contributed by atoms with Crippen molar-refractivity contribution in [2.24, 2.45) is 5.92 Å². The van der Waals surface area contributed by atoms with Crippen LogP contribution in [0.4, 0.5) is 0 Å². The van der Waals surface area contributed by atoms with Gasteiger partial charge >= 0.3 is 11.9 Å². The molecule has 1 heterocycles. The molecule has 1 saturated heterocycles. The fourth-order valence-electron chi connectivity index (χ4n) is 1.87. The van der Waals surface area contributed by atoms with E-state index in [4.69, 9.17) is 23.7 Å². The smallest absolute Gasteiger partial charge is 0.325 e. The molecule has 0 aromatic rings.